The predicted molar refractivity (Wildman–Crippen MR) is 170 cm³/mol. The summed E-state index contributed by atoms with van der Waals surface area (Å²) in [7, 11) is 2.14. The summed E-state index contributed by atoms with van der Waals surface area (Å²) < 4.78 is 0. The van der Waals surface area contributed by atoms with Crippen molar-refractivity contribution < 1.29 is 14.7 Å². The maximum absolute atomic E-state index is 13.4. The van der Waals surface area contributed by atoms with Crippen molar-refractivity contribution in [2.75, 3.05) is 43.4 Å². The Labute approximate surface area is 249 Å². The lowest BCUT2D eigenvalue weighted by atomic mass is 10.0. The molecule has 43 heavy (non-hydrogen) atoms. The monoisotopic (exact) mass is 572 g/mol. The number of likely N-dealkylation sites (N-methyl/N-ethyl adjacent to an activating group) is 1. The van der Waals surface area contributed by atoms with E-state index in [9.17, 15) is 14.7 Å². The average Bonchev–Trinajstić information content (AvgIpc) is 3.34. The zero-order chi connectivity index (χ0) is 29.9. The van der Waals surface area contributed by atoms with E-state index >= 15 is 0 Å². The third kappa shape index (κ3) is 6.17. The summed E-state index contributed by atoms with van der Waals surface area (Å²) in [6.07, 6.45) is 4.82. The van der Waals surface area contributed by atoms with Crippen LogP contribution in [-0.2, 0) is 0 Å². The molecule has 9 nitrogen and oxygen atoms in total. The Bertz CT molecular complexity index is 1840. The number of aromatic hydroxyl groups is 1. The number of carbonyl (C=O) groups excluding carboxylic acids is 2. The fraction of sp³-hybridized carbons (Fsp3) is 0.176. The first-order valence-electron chi connectivity index (χ1n) is 14.1. The number of hydrogen-bond acceptors (Lipinski definition) is 7. The largest absolute Gasteiger partial charge is 0.494 e. The van der Waals surface area contributed by atoms with Gasteiger partial charge in [-0.3, -0.25) is 19.6 Å². The van der Waals surface area contributed by atoms with Crippen LogP contribution >= 0.6 is 0 Å². The molecule has 2 aromatic heterocycles. The van der Waals surface area contributed by atoms with Gasteiger partial charge in [0.15, 0.2) is 11.7 Å². The van der Waals surface area contributed by atoms with Gasteiger partial charge in [0.05, 0.1) is 16.8 Å². The van der Waals surface area contributed by atoms with Crippen LogP contribution in [0.15, 0.2) is 90.2 Å². The number of fused-ring (bicyclic) bond motifs is 1. The molecule has 0 unspecified atom stereocenters. The minimum Gasteiger partial charge on any atom is -0.494 e. The van der Waals surface area contributed by atoms with Crippen LogP contribution in [0, 0.1) is 6.92 Å². The first-order chi connectivity index (χ1) is 20.8. The molecule has 0 aliphatic carbocycles. The Morgan fingerprint density at radius 2 is 1.70 bits per heavy atom. The number of nitrogens with one attached hydrogen (secondary N) is 2. The summed E-state index contributed by atoms with van der Waals surface area (Å²) in [5.74, 6) is -0.531. The van der Waals surface area contributed by atoms with E-state index in [-0.39, 0.29) is 17.6 Å². The first-order valence-corrected chi connectivity index (χ1v) is 14.1. The highest BCUT2D eigenvalue weighted by Crippen LogP contribution is 2.29. The first kappa shape index (κ1) is 27.9. The van der Waals surface area contributed by atoms with E-state index in [0.29, 0.717) is 33.5 Å². The third-order valence-corrected chi connectivity index (χ3v) is 7.66. The number of aromatic amines is 1. The van der Waals surface area contributed by atoms with Crippen molar-refractivity contribution in [2.24, 2.45) is 4.99 Å². The minimum atomic E-state index is -0.302. The van der Waals surface area contributed by atoms with Crippen LogP contribution in [0.25, 0.3) is 10.9 Å². The van der Waals surface area contributed by atoms with Crippen LogP contribution in [0.3, 0.4) is 0 Å². The van der Waals surface area contributed by atoms with Crippen molar-refractivity contribution in [1.29, 1.82) is 0 Å². The summed E-state index contributed by atoms with van der Waals surface area (Å²) >= 11 is 0. The number of anilines is 2. The van der Waals surface area contributed by atoms with Gasteiger partial charge in [-0.1, -0.05) is 24.3 Å². The molecule has 1 aliphatic heterocycles. The fourth-order valence-electron chi connectivity index (χ4n) is 5.22. The van der Waals surface area contributed by atoms with Gasteiger partial charge in [0.25, 0.3) is 5.91 Å². The Morgan fingerprint density at radius 3 is 2.47 bits per heavy atom. The Morgan fingerprint density at radius 1 is 0.930 bits per heavy atom. The van der Waals surface area contributed by atoms with Gasteiger partial charge in [-0.15, -0.1) is 0 Å². The summed E-state index contributed by atoms with van der Waals surface area (Å²) in [5, 5.41) is 14.2. The second kappa shape index (κ2) is 11.9. The predicted octanol–water partition coefficient (Wildman–Crippen LogP) is 5.56. The molecule has 1 fully saturated rings. The molecule has 216 valence electrons. The number of piperazine rings is 1. The van der Waals surface area contributed by atoms with Gasteiger partial charge >= 0.3 is 0 Å². The number of nitrogens with zero attached hydrogens (tertiary/aromatic N) is 4. The molecule has 6 rings (SSSR count). The molecule has 0 atom stereocenters. The van der Waals surface area contributed by atoms with E-state index in [4.69, 9.17) is 0 Å². The van der Waals surface area contributed by atoms with Crippen molar-refractivity contribution >= 4 is 45.9 Å². The van der Waals surface area contributed by atoms with E-state index < -0.39 is 0 Å². The Balaban J connectivity index is 1.17. The molecule has 9 heteroatoms. The average molecular weight is 573 g/mol. The van der Waals surface area contributed by atoms with Crippen LogP contribution in [0.5, 0.6) is 5.88 Å². The zero-order valence-electron chi connectivity index (χ0n) is 24.0. The summed E-state index contributed by atoms with van der Waals surface area (Å²) in [6, 6.07) is 21.9. The van der Waals surface area contributed by atoms with Gasteiger partial charge in [-0.05, 0) is 68.1 Å². The van der Waals surface area contributed by atoms with E-state index in [1.165, 1.54) is 11.9 Å². The van der Waals surface area contributed by atoms with Gasteiger partial charge in [-0.25, -0.2) is 0 Å². The van der Waals surface area contributed by atoms with Gasteiger partial charge in [0.1, 0.15) is 0 Å². The topological polar surface area (TPSA) is 114 Å². The molecule has 1 saturated heterocycles. The third-order valence-electron chi connectivity index (χ3n) is 7.66. The number of pyridine rings is 1. The van der Waals surface area contributed by atoms with Crippen molar-refractivity contribution in [1.82, 2.24) is 14.9 Å². The Kier molecular flexibility index (Phi) is 7.72. The van der Waals surface area contributed by atoms with Crippen molar-refractivity contribution in [3.8, 4) is 5.88 Å². The second-order valence-corrected chi connectivity index (χ2v) is 10.8. The van der Waals surface area contributed by atoms with Crippen molar-refractivity contribution in [3.05, 3.63) is 113 Å². The Hall–Kier alpha value is -5.28. The molecule has 1 amide bonds. The molecule has 1 aliphatic rings. The van der Waals surface area contributed by atoms with Gasteiger partial charge < -0.3 is 25.2 Å². The molecule has 3 N–H and O–H groups in total. The molecule has 5 aromatic rings. The number of hydrogen-bond donors (Lipinski definition) is 3. The van der Waals surface area contributed by atoms with Gasteiger partial charge in [-0.2, -0.15) is 0 Å². The molecule has 0 spiro atoms. The lowest BCUT2D eigenvalue weighted by Crippen LogP contribution is -2.44. The number of benzene rings is 3. The normalized spacial score (nSPS) is 14.0. The zero-order valence-corrected chi connectivity index (χ0v) is 24.0. The quantitative estimate of drug-likeness (QED) is 0.174. The number of aromatic nitrogens is 2. The van der Waals surface area contributed by atoms with Crippen LogP contribution < -0.4 is 10.2 Å². The molecule has 0 saturated carbocycles. The highest BCUT2D eigenvalue weighted by molar-refractivity contribution is 6.13. The van der Waals surface area contributed by atoms with Crippen molar-refractivity contribution in [3.63, 3.8) is 0 Å². The number of ketones is 1. The van der Waals surface area contributed by atoms with Crippen LogP contribution in [0.4, 0.5) is 17.1 Å². The molecule has 0 bridgehead atoms. The number of amides is 1. The van der Waals surface area contributed by atoms with Crippen LogP contribution in [0.1, 0.15) is 37.4 Å². The maximum Gasteiger partial charge on any atom is 0.257 e. The SMILES string of the molecule is Cc1cncc(C(=O)Nc2cccc(C(=O)c3ccc4c(C=Nc5ccc(N6CCN(C)CC6)cc5)c(O)[nH]c4c3)c2)c1. The number of rotatable bonds is 7. The van der Waals surface area contributed by atoms with E-state index in [2.05, 4.69) is 49.3 Å². The van der Waals surface area contributed by atoms with E-state index in [0.717, 1.165) is 42.8 Å². The van der Waals surface area contributed by atoms with Crippen molar-refractivity contribution in [2.45, 2.75) is 6.92 Å². The molecular weight excluding hydrogens is 540 g/mol. The van der Waals surface area contributed by atoms with E-state index in [1.807, 2.05) is 19.1 Å². The number of carbonyl (C=O) groups is 2. The highest BCUT2D eigenvalue weighted by Gasteiger charge is 2.16. The molecular formula is C34H32N6O3. The fourth-order valence-corrected chi connectivity index (χ4v) is 5.22. The smallest absolute Gasteiger partial charge is 0.257 e. The number of aliphatic imine (C=N–C) groups is 1. The van der Waals surface area contributed by atoms with Gasteiger partial charge in [0.2, 0.25) is 0 Å². The molecule has 3 aromatic carbocycles. The molecule has 3 heterocycles. The van der Waals surface area contributed by atoms with E-state index in [1.54, 1.807) is 60.9 Å². The molecule has 0 radical (unpaired) electrons. The second-order valence-electron chi connectivity index (χ2n) is 10.8. The summed E-state index contributed by atoms with van der Waals surface area (Å²) in [5.41, 5.74) is 5.83. The van der Waals surface area contributed by atoms with Crippen LogP contribution in [-0.4, -0.2) is 71.1 Å². The summed E-state index contributed by atoms with van der Waals surface area (Å²) in [6.45, 7) is 5.96. The van der Waals surface area contributed by atoms with Crippen LogP contribution in [0.2, 0.25) is 0 Å². The number of aryl methyl sites for hydroxylation is 1. The summed E-state index contributed by atoms with van der Waals surface area (Å²) in [4.78, 5) is 42.3. The maximum atomic E-state index is 13.4. The van der Waals surface area contributed by atoms with Gasteiger partial charge in [0, 0.05) is 78.2 Å². The minimum absolute atomic E-state index is 0.0206. The number of H-pyrrole nitrogens is 1. The highest BCUT2D eigenvalue weighted by atomic mass is 16.3. The lowest BCUT2D eigenvalue weighted by molar-refractivity contribution is 0.102. The standard InChI is InChI=1S/C34H32N6O3/c1-22-16-25(20-35-19-22)33(42)37-27-5-3-4-23(17-27)32(41)24-6-11-29-30(34(43)38-31(29)18-24)21-36-26-7-9-28(10-8-26)40-14-12-39(2)13-15-40/h3-11,16-21,38,43H,12-15H2,1-2H3,(H,37,42). The lowest BCUT2D eigenvalue weighted by Gasteiger charge is -2.34.